The van der Waals surface area contributed by atoms with Gasteiger partial charge < -0.3 is 4.74 Å². The minimum atomic E-state index is -3.73. The lowest BCUT2D eigenvalue weighted by atomic mass is 10.1. The van der Waals surface area contributed by atoms with Crippen LogP contribution >= 0.6 is 0 Å². The van der Waals surface area contributed by atoms with E-state index in [1.165, 1.54) is 12.1 Å². The smallest absolute Gasteiger partial charge is 0.183 e. The summed E-state index contributed by atoms with van der Waals surface area (Å²) in [5, 5.41) is -0.900. The highest BCUT2D eigenvalue weighted by Crippen LogP contribution is 2.31. The number of hydrogen-bond donors (Lipinski definition) is 0. The number of benzene rings is 1. The van der Waals surface area contributed by atoms with Gasteiger partial charge in [-0.2, -0.15) is 0 Å². The summed E-state index contributed by atoms with van der Waals surface area (Å²) in [5.41, 5.74) is 0. The van der Waals surface area contributed by atoms with Crippen molar-refractivity contribution in [3.05, 3.63) is 24.3 Å². The Bertz CT molecular complexity index is 825. The zero-order chi connectivity index (χ0) is 18.9. The number of likely N-dealkylation sites (tertiary alicyclic amines) is 1. The summed E-state index contributed by atoms with van der Waals surface area (Å²) in [4.78, 5) is 2.23. The molecule has 2 saturated heterocycles. The van der Waals surface area contributed by atoms with Crippen LogP contribution in [0.4, 0.5) is 0 Å². The number of ether oxygens (including phenoxy) is 1. The van der Waals surface area contributed by atoms with Crippen molar-refractivity contribution in [2.24, 2.45) is 0 Å². The maximum absolute atomic E-state index is 13.2. The molecule has 146 valence electrons. The second kappa shape index (κ2) is 7.48. The van der Waals surface area contributed by atoms with Crippen molar-refractivity contribution in [2.45, 2.75) is 55.4 Å². The molecule has 0 spiro atoms. The van der Waals surface area contributed by atoms with Crippen molar-refractivity contribution in [1.82, 2.24) is 4.90 Å². The fourth-order valence-corrected chi connectivity index (χ4v) is 8.67. The maximum Gasteiger partial charge on any atom is 0.183 e. The molecule has 0 unspecified atom stereocenters. The Labute approximate surface area is 156 Å². The largest absolute Gasteiger partial charge is 0.491 e. The second-order valence-corrected chi connectivity index (χ2v) is 11.8. The summed E-state index contributed by atoms with van der Waals surface area (Å²) in [7, 11) is -7.08. The topological polar surface area (TPSA) is 80.8 Å². The summed E-state index contributed by atoms with van der Waals surface area (Å²) in [5.74, 6) is 0.247. The Kier molecular flexibility index (Phi) is 5.65. The minimum Gasteiger partial charge on any atom is -0.491 e. The first-order valence-electron chi connectivity index (χ1n) is 9.14. The van der Waals surface area contributed by atoms with Crippen LogP contribution in [-0.4, -0.2) is 63.7 Å². The van der Waals surface area contributed by atoms with Gasteiger partial charge in [-0.05, 0) is 64.0 Å². The number of rotatable bonds is 5. The van der Waals surface area contributed by atoms with Crippen LogP contribution < -0.4 is 4.74 Å². The molecule has 0 saturated carbocycles. The van der Waals surface area contributed by atoms with Gasteiger partial charge in [-0.1, -0.05) is 6.42 Å². The van der Waals surface area contributed by atoms with E-state index >= 15 is 0 Å². The molecule has 6 nitrogen and oxygen atoms in total. The molecule has 3 rings (SSSR count). The SMILES string of the molecule is CC(C)Oc1ccc(S(=O)(=O)[C@H]2CS(=O)(=O)C[C@@H]2N2CCCCC2)cc1. The van der Waals surface area contributed by atoms with Crippen LogP contribution in [0.3, 0.4) is 0 Å². The van der Waals surface area contributed by atoms with Gasteiger partial charge >= 0.3 is 0 Å². The standard InChI is InChI=1S/C18H27NO5S2/c1-14(2)24-15-6-8-16(9-7-15)26(22,23)18-13-25(20,21)12-17(18)19-10-4-3-5-11-19/h6-9,14,17-18H,3-5,10-13H2,1-2H3/t17-,18-/m0/s1. The Hall–Kier alpha value is -1.12. The predicted octanol–water partition coefficient (Wildman–Crippen LogP) is 1.90. The zero-order valence-corrected chi connectivity index (χ0v) is 16.9. The van der Waals surface area contributed by atoms with E-state index < -0.39 is 31.0 Å². The lowest BCUT2D eigenvalue weighted by Crippen LogP contribution is -2.48. The summed E-state index contributed by atoms with van der Waals surface area (Å²) >= 11 is 0. The van der Waals surface area contributed by atoms with Gasteiger partial charge in [-0.25, -0.2) is 16.8 Å². The molecular formula is C18H27NO5S2. The summed E-state index contributed by atoms with van der Waals surface area (Å²) < 4.78 is 56.4. The number of nitrogens with zero attached hydrogens (tertiary/aromatic N) is 1. The fourth-order valence-electron chi connectivity index (χ4n) is 3.84. The van der Waals surface area contributed by atoms with Crippen molar-refractivity contribution < 1.29 is 21.6 Å². The highest BCUT2D eigenvalue weighted by Gasteiger charge is 2.48. The average molecular weight is 402 g/mol. The number of piperidine rings is 1. The van der Waals surface area contributed by atoms with Crippen molar-refractivity contribution >= 4 is 19.7 Å². The molecule has 0 bridgehead atoms. The molecule has 0 aromatic heterocycles. The van der Waals surface area contributed by atoms with E-state index in [9.17, 15) is 16.8 Å². The Morgan fingerprint density at radius 3 is 2.23 bits per heavy atom. The van der Waals surface area contributed by atoms with Crippen LogP contribution in [0.25, 0.3) is 0 Å². The first-order valence-corrected chi connectivity index (χ1v) is 12.5. The highest BCUT2D eigenvalue weighted by molar-refractivity contribution is 7.96. The van der Waals surface area contributed by atoms with Gasteiger partial charge in [0.15, 0.2) is 19.7 Å². The summed E-state index contributed by atoms with van der Waals surface area (Å²) in [6, 6.07) is 5.85. The highest BCUT2D eigenvalue weighted by atomic mass is 32.2. The lowest BCUT2D eigenvalue weighted by Gasteiger charge is -2.34. The Morgan fingerprint density at radius 1 is 1.04 bits per heavy atom. The summed E-state index contributed by atoms with van der Waals surface area (Å²) in [6.45, 7) is 5.34. The molecular weight excluding hydrogens is 374 g/mol. The zero-order valence-electron chi connectivity index (χ0n) is 15.3. The van der Waals surface area contributed by atoms with Crippen molar-refractivity contribution in [3.8, 4) is 5.75 Å². The molecule has 0 amide bonds. The maximum atomic E-state index is 13.2. The first-order chi connectivity index (χ1) is 12.2. The number of sulfone groups is 2. The average Bonchev–Trinajstić information content (AvgIpc) is 2.92. The van der Waals surface area contributed by atoms with E-state index in [0.717, 1.165) is 32.4 Å². The molecule has 1 aromatic rings. The quantitative estimate of drug-likeness (QED) is 0.750. The molecule has 1 aromatic carbocycles. The fraction of sp³-hybridized carbons (Fsp3) is 0.667. The monoisotopic (exact) mass is 401 g/mol. The molecule has 2 heterocycles. The molecule has 2 aliphatic heterocycles. The molecule has 2 aliphatic rings. The van der Waals surface area contributed by atoms with Gasteiger partial charge in [-0.3, -0.25) is 4.90 Å². The van der Waals surface area contributed by atoms with Gasteiger partial charge in [0.05, 0.1) is 27.8 Å². The van der Waals surface area contributed by atoms with E-state index in [1.807, 2.05) is 13.8 Å². The van der Waals surface area contributed by atoms with Crippen LogP contribution in [0.2, 0.25) is 0 Å². The van der Waals surface area contributed by atoms with Gasteiger partial charge in [-0.15, -0.1) is 0 Å². The van der Waals surface area contributed by atoms with Crippen LogP contribution in [-0.2, 0) is 19.7 Å². The van der Waals surface area contributed by atoms with Gasteiger partial charge in [0.25, 0.3) is 0 Å². The minimum absolute atomic E-state index is 0.000846. The van der Waals surface area contributed by atoms with E-state index in [4.69, 9.17) is 4.74 Å². The molecule has 26 heavy (non-hydrogen) atoms. The molecule has 2 fully saturated rings. The van der Waals surface area contributed by atoms with Crippen molar-refractivity contribution in [1.29, 1.82) is 0 Å². The number of hydrogen-bond acceptors (Lipinski definition) is 6. The second-order valence-electron chi connectivity index (χ2n) is 7.46. The summed E-state index contributed by atoms with van der Waals surface area (Å²) in [6.07, 6.45) is 3.10. The first kappa shape index (κ1) is 19.6. The third-order valence-electron chi connectivity index (χ3n) is 5.05. The van der Waals surface area contributed by atoms with Crippen LogP contribution in [0.5, 0.6) is 5.75 Å². The molecule has 8 heteroatoms. The predicted molar refractivity (Wildman–Crippen MR) is 101 cm³/mol. The van der Waals surface area contributed by atoms with E-state index in [2.05, 4.69) is 4.90 Å². The molecule has 0 N–H and O–H groups in total. The van der Waals surface area contributed by atoms with Crippen LogP contribution in [0.1, 0.15) is 33.1 Å². The van der Waals surface area contributed by atoms with Crippen LogP contribution in [0.15, 0.2) is 29.2 Å². The van der Waals surface area contributed by atoms with E-state index in [0.29, 0.717) is 5.75 Å². The molecule has 0 radical (unpaired) electrons. The van der Waals surface area contributed by atoms with E-state index in [-0.39, 0.29) is 22.5 Å². The Morgan fingerprint density at radius 2 is 1.65 bits per heavy atom. The van der Waals surface area contributed by atoms with E-state index in [1.54, 1.807) is 12.1 Å². The van der Waals surface area contributed by atoms with Crippen molar-refractivity contribution in [2.75, 3.05) is 24.6 Å². The van der Waals surface area contributed by atoms with Gasteiger partial charge in [0.1, 0.15) is 5.75 Å². The third kappa shape index (κ3) is 4.23. The van der Waals surface area contributed by atoms with Crippen molar-refractivity contribution in [3.63, 3.8) is 0 Å². The molecule has 0 aliphatic carbocycles. The van der Waals surface area contributed by atoms with Gasteiger partial charge in [0, 0.05) is 6.04 Å². The Balaban J connectivity index is 1.88. The van der Waals surface area contributed by atoms with Crippen LogP contribution in [0, 0.1) is 0 Å². The normalized spacial score (nSPS) is 26.9. The third-order valence-corrected chi connectivity index (χ3v) is 9.19. The van der Waals surface area contributed by atoms with Gasteiger partial charge in [0.2, 0.25) is 0 Å². The molecule has 2 atom stereocenters. The lowest BCUT2D eigenvalue weighted by molar-refractivity contribution is 0.178.